The lowest BCUT2D eigenvalue weighted by molar-refractivity contribution is 0.595. The molecular formula is C6H12Br2O2S. The Labute approximate surface area is 84.9 Å². The first-order valence-electron chi connectivity index (χ1n) is 3.32. The minimum Gasteiger partial charge on any atom is -0.229 e. The third kappa shape index (κ3) is 7.28. The summed E-state index contributed by atoms with van der Waals surface area (Å²) in [6, 6.07) is 0. The maximum absolute atomic E-state index is 11.2. The van der Waals surface area contributed by atoms with Gasteiger partial charge < -0.3 is 0 Å². The lowest BCUT2D eigenvalue weighted by Gasteiger charge is -2.06. The second kappa shape index (κ2) is 4.82. The van der Waals surface area contributed by atoms with Gasteiger partial charge in [-0.15, -0.1) is 0 Å². The molecule has 0 fully saturated rings. The van der Waals surface area contributed by atoms with E-state index in [4.69, 9.17) is 0 Å². The zero-order valence-electron chi connectivity index (χ0n) is 6.55. The fourth-order valence-electron chi connectivity index (χ4n) is 0.768. The van der Waals surface area contributed by atoms with Crippen LogP contribution in [-0.2, 0) is 9.84 Å². The summed E-state index contributed by atoms with van der Waals surface area (Å²) in [6.07, 6.45) is 0. The highest BCUT2D eigenvalue weighted by atomic mass is 79.9. The van der Waals surface area contributed by atoms with Gasteiger partial charge in [0.2, 0.25) is 0 Å². The SMILES string of the molecule is CC(Br)CS(=O)(=O)CC(C)Br. The molecule has 11 heavy (non-hydrogen) atoms. The first-order valence-corrected chi connectivity index (χ1v) is 6.97. The standard InChI is InChI=1S/C6H12Br2O2S/c1-5(7)3-11(9,10)4-6(2)8/h5-6H,3-4H2,1-2H3. The average molecular weight is 308 g/mol. The van der Waals surface area contributed by atoms with E-state index in [1.54, 1.807) is 0 Å². The summed E-state index contributed by atoms with van der Waals surface area (Å²) in [5.74, 6) is 0.423. The van der Waals surface area contributed by atoms with Crippen molar-refractivity contribution in [3.63, 3.8) is 0 Å². The Balaban J connectivity index is 4.03. The number of hydrogen-bond acceptors (Lipinski definition) is 2. The summed E-state index contributed by atoms with van der Waals surface area (Å²) >= 11 is 6.41. The van der Waals surface area contributed by atoms with E-state index in [0.29, 0.717) is 0 Å². The van der Waals surface area contributed by atoms with Gasteiger partial charge in [0, 0.05) is 9.65 Å². The van der Waals surface area contributed by atoms with Crippen LogP contribution in [0.5, 0.6) is 0 Å². The van der Waals surface area contributed by atoms with E-state index in [9.17, 15) is 8.42 Å². The Morgan fingerprint density at radius 2 is 1.36 bits per heavy atom. The van der Waals surface area contributed by atoms with E-state index < -0.39 is 9.84 Å². The average Bonchev–Trinajstić information content (AvgIpc) is 1.53. The highest BCUT2D eigenvalue weighted by molar-refractivity contribution is 9.09. The molecule has 0 aliphatic rings. The van der Waals surface area contributed by atoms with Crippen LogP contribution < -0.4 is 0 Å². The highest BCUT2D eigenvalue weighted by Gasteiger charge is 2.15. The third-order valence-electron chi connectivity index (χ3n) is 0.967. The molecule has 2 unspecified atom stereocenters. The number of halogens is 2. The van der Waals surface area contributed by atoms with Gasteiger partial charge in [0.25, 0.3) is 0 Å². The van der Waals surface area contributed by atoms with Crippen molar-refractivity contribution >= 4 is 41.7 Å². The quantitative estimate of drug-likeness (QED) is 0.744. The Kier molecular flexibility index (Phi) is 5.22. The van der Waals surface area contributed by atoms with E-state index in [2.05, 4.69) is 31.9 Å². The van der Waals surface area contributed by atoms with Gasteiger partial charge in [0.15, 0.2) is 9.84 Å². The first-order chi connectivity index (χ1) is 4.83. The second-order valence-electron chi connectivity index (χ2n) is 2.64. The minimum absolute atomic E-state index is 0.0405. The molecule has 0 radical (unpaired) electrons. The van der Waals surface area contributed by atoms with E-state index in [-0.39, 0.29) is 21.2 Å². The molecule has 0 saturated heterocycles. The zero-order chi connectivity index (χ0) is 9.07. The Bertz CT molecular complexity index is 181. The summed E-state index contributed by atoms with van der Waals surface area (Å²) in [7, 11) is -2.87. The fraction of sp³-hybridized carbons (Fsp3) is 1.00. The summed E-state index contributed by atoms with van der Waals surface area (Å²) in [5.41, 5.74) is 0. The van der Waals surface area contributed by atoms with E-state index in [1.165, 1.54) is 0 Å². The van der Waals surface area contributed by atoms with Crippen molar-refractivity contribution in [2.45, 2.75) is 23.5 Å². The van der Waals surface area contributed by atoms with Gasteiger partial charge in [-0.3, -0.25) is 0 Å². The molecule has 0 aliphatic heterocycles. The number of rotatable bonds is 4. The van der Waals surface area contributed by atoms with E-state index in [0.717, 1.165) is 0 Å². The van der Waals surface area contributed by atoms with Gasteiger partial charge in [-0.1, -0.05) is 45.7 Å². The van der Waals surface area contributed by atoms with Crippen LogP contribution >= 0.6 is 31.9 Å². The summed E-state index contributed by atoms with van der Waals surface area (Å²) in [6.45, 7) is 3.66. The molecule has 2 atom stereocenters. The molecule has 0 N–H and O–H groups in total. The van der Waals surface area contributed by atoms with Crippen LogP contribution in [0, 0.1) is 0 Å². The molecule has 0 spiro atoms. The van der Waals surface area contributed by atoms with Crippen LogP contribution in [0.3, 0.4) is 0 Å². The predicted octanol–water partition coefficient (Wildman–Crippen LogP) is 1.97. The maximum atomic E-state index is 11.2. The highest BCUT2D eigenvalue weighted by Crippen LogP contribution is 2.08. The molecule has 0 amide bonds. The van der Waals surface area contributed by atoms with Gasteiger partial charge in [-0.25, -0.2) is 8.42 Å². The van der Waals surface area contributed by atoms with Gasteiger partial charge >= 0.3 is 0 Å². The van der Waals surface area contributed by atoms with Crippen LogP contribution in [0.25, 0.3) is 0 Å². The molecule has 0 aromatic heterocycles. The largest absolute Gasteiger partial charge is 0.229 e. The monoisotopic (exact) mass is 306 g/mol. The smallest absolute Gasteiger partial charge is 0.152 e. The second-order valence-corrected chi connectivity index (χ2v) is 7.92. The van der Waals surface area contributed by atoms with Crippen molar-refractivity contribution in [2.75, 3.05) is 11.5 Å². The van der Waals surface area contributed by atoms with Crippen molar-refractivity contribution in [3.05, 3.63) is 0 Å². The van der Waals surface area contributed by atoms with Crippen molar-refractivity contribution in [2.24, 2.45) is 0 Å². The normalized spacial score (nSPS) is 17.8. The molecule has 5 heteroatoms. The third-order valence-corrected chi connectivity index (χ3v) is 4.49. The summed E-state index contributed by atoms with van der Waals surface area (Å²) in [4.78, 5) is 0.0810. The van der Waals surface area contributed by atoms with E-state index >= 15 is 0 Å². The fourth-order valence-corrected chi connectivity index (χ4v) is 4.72. The number of hydrogen-bond donors (Lipinski definition) is 0. The van der Waals surface area contributed by atoms with Crippen LogP contribution in [0.2, 0.25) is 0 Å². The molecule has 0 bridgehead atoms. The lowest BCUT2D eigenvalue weighted by Crippen LogP contribution is -2.20. The molecular weight excluding hydrogens is 296 g/mol. The van der Waals surface area contributed by atoms with Gasteiger partial charge in [-0.05, 0) is 0 Å². The Morgan fingerprint density at radius 1 is 1.09 bits per heavy atom. The molecule has 68 valence electrons. The zero-order valence-corrected chi connectivity index (χ0v) is 10.5. The van der Waals surface area contributed by atoms with Crippen LogP contribution in [0.15, 0.2) is 0 Å². The predicted molar refractivity (Wildman–Crippen MR) is 55.4 cm³/mol. The van der Waals surface area contributed by atoms with Crippen LogP contribution in [0.4, 0.5) is 0 Å². The molecule has 0 saturated carbocycles. The minimum atomic E-state index is -2.87. The van der Waals surface area contributed by atoms with Crippen molar-refractivity contribution < 1.29 is 8.42 Å². The molecule has 2 nitrogen and oxygen atoms in total. The van der Waals surface area contributed by atoms with Crippen molar-refractivity contribution in [1.29, 1.82) is 0 Å². The van der Waals surface area contributed by atoms with Gasteiger partial charge in [0.05, 0.1) is 11.5 Å². The van der Waals surface area contributed by atoms with Crippen molar-refractivity contribution in [1.82, 2.24) is 0 Å². The maximum Gasteiger partial charge on any atom is 0.152 e. The van der Waals surface area contributed by atoms with Gasteiger partial charge in [0.1, 0.15) is 0 Å². The molecule has 0 aliphatic carbocycles. The molecule has 0 aromatic rings. The molecule has 0 aromatic carbocycles. The van der Waals surface area contributed by atoms with Crippen LogP contribution in [0.1, 0.15) is 13.8 Å². The van der Waals surface area contributed by atoms with Gasteiger partial charge in [-0.2, -0.15) is 0 Å². The molecule has 0 heterocycles. The van der Waals surface area contributed by atoms with Crippen LogP contribution in [-0.4, -0.2) is 29.6 Å². The summed E-state index contributed by atoms with van der Waals surface area (Å²) in [5, 5.41) is 0. The topological polar surface area (TPSA) is 34.1 Å². The Morgan fingerprint density at radius 3 is 1.55 bits per heavy atom. The van der Waals surface area contributed by atoms with E-state index in [1.807, 2.05) is 13.8 Å². The number of alkyl halides is 2. The molecule has 0 rings (SSSR count). The first kappa shape index (κ1) is 11.9. The Hall–Kier alpha value is 0.910. The number of sulfone groups is 1. The lowest BCUT2D eigenvalue weighted by atomic mass is 10.6. The van der Waals surface area contributed by atoms with Crippen molar-refractivity contribution in [3.8, 4) is 0 Å². The summed E-state index contributed by atoms with van der Waals surface area (Å²) < 4.78 is 22.4.